The van der Waals surface area contributed by atoms with Crippen molar-refractivity contribution in [3.05, 3.63) is 18.0 Å². The van der Waals surface area contributed by atoms with Gasteiger partial charge in [-0.2, -0.15) is 5.10 Å². The number of carbonyl (C=O) groups excluding carboxylic acids is 2. The molecule has 1 atom stereocenters. The topological polar surface area (TPSA) is 67.2 Å². The number of hydrogen-bond donors (Lipinski definition) is 1. The maximum Gasteiger partial charge on any atom is 0.246 e. The van der Waals surface area contributed by atoms with Crippen LogP contribution >= 0.6 is 0 Å². The van der Waals surface area contributed by atoms with Crippen molar-refractivity contribution in [1.29, 1.82) is 0 Å². The number of imide groups is 1. The lowest BCUT2D eigenvalue weighted by molar-refractivity contribution is -0.148. The molecule has 0 aliphatic carbocycles. The first-order chi connectivity index (χ1) is 9.11. The molecule has 1 N–H and O–H groups in total. The highest BCUT2D eigenvalue weighted by molar-refractivity contribution is 6.00. The predicted molar refractivity (Wildman–Crippen MR) is 70.2 cm³/mol. The van der Waals surface area contributed by atoms with Crippen molar-refractivity contribution in [3.8, 4) is 0 Å². The van der Waals surface area contributed by atoms with Crippen molar-refractivity contribution >= 4 is 11.8 Å². The van der Waals surface area contributed by atoms with Crippen LogP contribution in [0.4, 0.5) is 0 Å². The van der Waals surface area contributed by atoms with Gasteiger partial charge in [0.25, 0.3) is 0 Å². The van der Waals surface area contributed by atoms with E-state index in [0.717, 1.165) is 18.5 Å². The summed E-state index contributed by atoms with van der Waals surface area (Å²) in [6.45, 7) is 3.61. The summed E-state index contributed by atoms with van der Waals surface area (Å²) in [5.41, 5.74) is 1.06. The van der Waals surface area contributed by atoms with Gasteiger partial charge in [0.15, 0.2) is 0 Å². The van der Waals surface area contributed by atoms with Crippen LogP contribution in [0.3, 0.4) is 0 Å². The Hall–Kier alpha value is -1.69. The largest absolute Gasteiger partial charge is 0.302 e. The molecule has 0 radical (unpaired) electrons. The van der Waals surface area contributed by atoms with Crippen LogP contribution in [-0.4, -0.2) is 39.6 Å². The van der Waals surface area contributed by atoms with Gasteiger partial charge >= 0.3 is 0 Å². The second-order valence-electron chi connectivity index (χ2n) is 4.87. The number of nitrogens with zero attached hydrogens (tertiary/aromatic N) is 3. The molecule has 0 aromatic carbocycles. The third-order valence-electron chi connectivity index (χ3n) is 3.34. The van der Waals surface area contributed by atoms with Crippen LogP contribution in [0.15, 0.2) is 12.4 Å². The van der Waals surface area contributed by atoms with Gasteiger partial charge in [-0.05, 0) is 12.8 Å². The van der Waals surface area contributed by atoms with E-state index in [1.807, 2.05) is 17.1 Å². The second-order valence-corrected chi connectivity index (χ2v) is 4.87. The van der Waals surface area contributed by atoms with E-state index < -0.39 is 0 Å². The average Bonchev–Trinajstić information content (AvgIpc) is 2.83. The van der Waals surface area contributed by atoms with Crippen LogP contribution in [0.2, 0.25) is 0 Å². The fraction of sp³-hybridized carbons (Fsp3) is 0.615. The third kappa shape index (κ3) is 3.20. The molecule has 2 heterocycles. The molecule has 19 heavy (non-hydrogen) atoms. The SMILES string of the molecule is CCCn1cc(CNC2CCC(=O)N(C)C2=O)cn1. The molecule has 1 aliphatic heterocycles. The number of aryl methyl sites for hydroxylation is 1. The Bertz CT molecular complexity index is 469. The van der Waals surface area contributed by atoms with Gasteiger partial charge in [0.2, 0.25) is 11.8 Å². The number of carbonyl (C=O) groups is 2. The first-order valence-electron chi connectivity index (χ1n) is 6.67. The third-order valence-corrected chi connectivity index (χ3v) is 3.34. The van der Waals surface area contributed by atoms with Crippen molar-refractivity contribution in [1.82, 2.24) is 20.0 Å². The summed E-state index contributed by atoms with van der Waals surface area (Å²) in [5, 5.41) is 7.44. The molecule has 6 heteroatoms. The number of aromatic nitrogens is 2. The number of likely N-dealkylation sites (tertiary alicyclic amines) is 1. The first kappa shape index (κ1) is 13.7. The van der Waals surface area contributed by atoms with Gasteiger partial charge in [0.1, 0.15) is 0 Å². The summed E-state index contributed by atoms with van der Waals surface area (Å²) < 4.78 is 1.90. The summed E-state index contributed by atoms with van der Waals surface area (Å²) >= 11 is 0. The predicted octanol–water partition coefficient (Wildman–Crippen LogP) is 0.530. The summed E-state index contributed by atoms with van der Waals surface area (Å²) in [6.07, 6.45) is 5.84. The van der Waals surface area contributed by atoms with E-state index >= 15 is 0 Å². The highest BCUT2D eigenvalue weighted by atomic mass is 16.2. The molecule has 104 valence electrons. The molecular weight excluding hydrogens is 244 g/mol. The van der Waals surface area contributed by atoms with Gasteiger partial charge < -0.3 is 5.32 Å². The standard InChI is InChI=1S/C13H20N4O2/c1-3-6-17-9-10(8-15-17)7-14-11-4-5-12(18)16(2)13(11)19/h8-9,11,14H,3-7H2,1-2H3. The Morgan fingerprint density at radius 3 is 3.00 bits per heavy atom. The zero-order valence-electron chi connectivity index (χ0n) is 11.4. The minimum Gasteiger partial charge on any atom is -0.302 e. The minimum atomic E-state index is -0.266. The fourth-order valence-electron chi connectivity index (χ4n) is 2.20. The lowest BCUT2D eigenvalue weighted by atomic mass is 10.0. The van der Waals surface area contributed by atoms with Crippen molar-refractivity contribution in [2.75, 3.05) is 7.05 Å². The molecule has 1 saturated heterocycles. The normalized spacial score (nSPS) is 20.1. The Morgan fingerprint density at radius 2 is 2.26 bits per heavy atom. The maximum atomic E-state index is 11.9. The zero-order chi connectivity index (χ0) is 13.8. The second kappa shape index (κ2) is 5.97. The molecule has 1 unspecified atom stereocenters. The van der Waals surface area contributed by atoms with E-state index in [4.69, 9.17) is 0 Å². The van der Waals surface area contributed by atoms with Gasteiger partial charge in [0, 0.05) is 38.3 Å². The average molecular weight is 264 g/mol. The summed E-state index contributed by atoms with van der Waals surface area (Å²) in [7, 11) is 1.54. The van der Waals surface area contributed by atoms with Gasteiger partial charge in [-0.25, -0.2) is 0 Å². The smallest absolute Gasteiger partial charge is 0.246 e. The van der Waals surface area contributed by atoms with Gasteiger partial charge in [-0.15, -0.1) is 0 Å². The molecule has 1 aromatic rings. The summed E-state index contributed by atoms with van der Waals surface area (Å²) in [6, 6.07) is -0.266. The van der Waals surface area contributed by atoms with E-state index in [9.17, 15) is 9.59 Å². The summed E-state index contributed by atoms with van der Waals surface area (Å²) in [4.78, 5) is 24.5. The Balaban J connectivity index is 1.87. The fourth-order valence-corrected chi connectivity index (χ4v) is 2.20. The molecule has 2 amide bonds. The lowest BCUT2D eigenvalue weighted by Gasteiger charge is -2.28. The van der Waals surface area contributed by atoms with Crippen LogP contribution in [-0.2, 0) is 22.7 Å². The van der Waals surface area contributed by atoms with Crippen LogP contribution in [0, 0.1) is 0 Å². The number of hydrogen-bond acceptors (Lipinski definition) is 4. The quantitative estimate of drug-likeness (QED) is 0.788. The van der Waals surface area contributed by atoms with Crippen molar-refractivity contribution in [3.63, 3.8) is 0 Å². The number of amides is 2. The van der Waals surface area contributed by atoms with Crippen LogP contribution in [0.25, 0.3) is 0 Å². The molecule has 0 bridgehead atoms. The Labute approximate surface area is 112 Å². The van der Waals surface area contributed by atoms with Gasteiger partial charge in [0.05, 0.1) is 12.2 Å². The number of nitrogens with one attached hydrogen (secondary N) is 1. The van der Waals surface area contributed by atoms with E-state index in [1.165, 1.54) is 11.9 Å². The van der Waals surface area contributed by atoms with Crippen molar-refractivity contribution in [2.24, 2.45) is 0 Å². The first-order valence-corrected chi connectivity index (χ1v) is 6.67. The summed E-state index contributed by atoms with van der Waals surface area (Å²) in [5.74, 6) is -0.240. The number of piperidine rings is 1. The maximum absolute atomic E-state index is 11.9. The van der Waals surface area contributed by atoms with Crippen LogP contribution in [0.1, 0.15) is 31.7 Å². The van der Waals surface area contributed by atoms with Gasteiger partial charge in [-0.3, -0.25) is 19.2 Å². The monoisotopic (exact) mass is 264 g/mol. The highest BCUT2D eigenvalue weighted by Gasteiger charge is 2.31. The van der Waals surface area contributed by atoms with E-state index in [-0.39, 0.29) is 17.9 Å². The molecule has 1 fully saturated rings. The molecule has 1 aromatic heterocycles. The number of likely N-dealkylation sites (N-methyl/N-ethyl adjacent to an activating group) is 1. The molecule has 0 saturated carbocycles. The van der Waals surface area contributed by atoms with Crippen molar-refractivity contribution in [2.45, 2.75) is 45.3 Å². The molecular formula is C13H20N4O2. The number of rotatable bonds is 5. The Kier molecular flexibility index (Phi) is 4.31. The van der Waals surface area contributed by atoms with Crippen LogP contribution < -0.4 is 5.32 Å². The molecule has 0 spiro atoms. The zero-order valence-corrected chi connectivity index (χ0v) is 11.4. The van der Waals surface area contributed by atoms with Crippen LogP contribution in [0.5, 0.6) is 0 Å². The van der Waals surface area contributed by atoms with Crippen molar-refractivity contribution < 1.29 is 9.59 Å². The molecule has 6 nitrogen and oxygen atoms in total. The molecule has 1 aliphatic rings. The van der Waals surface area contributed by atoms with Gasteiger partial charge in [-0.1, -0.05) is 6.92 Å². The highest BCUT2D eigenvalue weighted by Crippen LogP contribution is 2.12. The lowest BCUT2D eigenvalue weighted by Crippen LogP contribution is -2.51. The Morgan fingerprint density at radius 1 is 1.47 bits per heavy atom. The van der Waals surface area contributed by atoms with E-state index in [0.29, 0.717) is 19.4 Å². The van der Waals surface area contributed by atoms with E-state index in [1.54, 1.807) is 0 Å². The minimum absolute atomic E-state index is 0.0983. The molecule has 2 rings (SSSR count). The van der Waals surface area contributed by atoms with E-state index in [2.05, 4.69) is 17.3 Å².